The molecule has 2 heterocycles. The molecular weight excluding hydrogens is 202 g/mol. The predicted molar refractivity (Wildman–Crippen MR) is 64.9 cm³/mol. The minimum atomic E-state index is 0.270. The van der Waals surface area contributed by atoms with Gasteiger partial charge in [-0.3, -0.25) is 4.98 Å². The van der Waals surface area contributed by atoms with Crippen LogP contribution in [0.3, 0.4) is 0 Å². The summed E-state index contributed by atoms with van der Waals surface area (Å²) in [6.45, 7) is 3.94. The van der Waals surface area contributed by atoms with Crippen molar-refractivity contribution in [1.82, 2.24) is 4.98 Å². The van der Waals surface area contributed by atoms with Gasteiger partial charge in [-0.15, -0.1) is 0 Å². The molecule has 2 N–H and O–H groups in total. The molecule has 1 saturated heterocycles. The summed E-state index contributed by atoms with van der Waals surface area (Å²) >= 11 is 0. The molecule has 0 aliphatic carbocycles. The quantitative estimate of drug-likeness (QED) is 0.818. The largest absolute Gasteiger partial charge is 0.493 e. The van der Waals surface area contributed by atoms with Crippen LogP contribution in [0.5, 0.6) is 5.75 Å². The average molecular weight is 221 g/mol. The first-order chi connectivity index (χ1) is 7.70. The highest BCUT2D eigenvalue weighted by atomic mass is 16.5. The molecule has 0 amide bonds. The fourth-order valence-corrected chi connectivity index (χ4v) is 2.17. The first-order valence-electron chi connectivity index (χ1n) is 5.72. The molecule has 0 bridgehead atoms. The van der Waals surface area contributed by atoms with Gasteiger partial charge in [0.25, 0.3) is 0 Å². The van der Waals surface area contributed by atoms with Crippen molar-refractivity contribution in [2.75, 3.05) is 25.1 Å². The number of hydrogen-bond donors (Lipinski definition) is 1. The normalized spacial score (nSPS) is 20.9. The Balaban J connectivity index is 2.26. The van der Waals surface area contributed by atoms with Gasteiger partial charge in [-0.05, 0) is 25.8 Å². The number of piperidine rings is 1. The Kier molecular flexibility index (Phi) is 3.29. The van der Waals surface area contributed by atoms with Crippen LogP contribution in [-0.4, -0.2) is 31.2 Å². The van der Waals surface area contributed by atoms with E-state index in [9.17, 15) is 0 Å². The molecule has 0 radical (unpaired) electrons. The number of anilines is 1. The van der Waals surface area contributed by atoms with Crippen LogP contribution in [0.1, 0.15) is 18.5 Å². The number of methoxy groups -OCH3 is 1. The van der Waals surface area contributed by atoms with Crippen LogP contribution in [0, 0.1) is 6.92 Å². The number of pyridine rings is 1. The molecule has 1 aliphatic heterocycles. The molecule has 1 aliphatic rings. The van der Waals surface area contributed by atoms with Crippen LogP contribution in [0.25, 0.3) is 0 Å². The monoisotopic (exact) mass is 221 g/mol. The molecule has 1 aromatic heterocycles. The molecule has 1 fully saturated rings. The Morgan fingerprint density at radius 2 is 2.38 bits per heavy atom. The summed E-state index contributed by atoms with van der Waals surface area (Å²) in [7, 11) is 1.68. The lowest BCUT2D eigenvalue weighted by Gasteiger charge is -2.33. The number of hydrogen-bond acceptors (Lipinski definition) is 4. The van der Waals surface area contributed by atoms with Gasteiger partial charge in [-0.2, -0.15) is 0 Å². The van der Waals surface area contributed by atoms with E-state index in [2.05, 4.69) is 16.0 Å². The van der Waals surface area contributed by atoms with Gasteiger partial charge in [0.05, 0.1) is 19.0 Å². The minimum Gasteiger partial charge on any atom is -0.493 e. The van der Waals surface area contributed by atoms with Crippen LogP contribution in [0.2, 0.25) is 0 Å². The lowest BCUT2D eigenvalue weighted by molar-refractivity contribution is 0.408. The number of aromatic nitrogens is 1. The van der Waals surface area contributed by atoms with Gasteiger partial charge < -0.3 is 15.4 Å². The summed E-state index contributed by atoms with van der Waals surface area (Å²) in [4.78, 5) is 6.53. The highest BCUT2D eigenvalue weighted by molar-refractivity contribution is 5.58. The summed E-state index contributed by atoms with van der Waals surface area (Å²) in [5.74, 6) is 0.833. The zero-order valence-corrected chi connectivity index (χ0v) is 9.94. The van der Waals surface area contributed by atoms with Crippen molar-refractivity contribution in [3.05, 3.63) is 18.0 Å². The van der Waals surface area contributed by atoms with Crippen LogP contribution >= 0.6 is 0 Å². The Morgan fingerprint density at radius 1 is 1.56 bits per heavy atom. The maximum absolute atomic E-state index is 5.99. The molecule has 4 nitrogen and oxygen atoms in total. The van der Waals surface area contributed by atoms with Gasteiger partial charge in [-0.25, -0.2) is 0 Å². The molecule has 0 spiro atoms. The summed E-state index contributed by atoms with van der Waals surface area (Å²) in [6.07, 6.45) is 4.04. The molecule has 0 aromatic carbocycles. The molecule has 4 heteroatoms. The molecule has 16 heavy (non-hydrogen) atoms. The number of ether oxygens (including phenoxy) is 1. The Morgan fingerprint density at radius 3 is 3.06 bits per heavy atom. The summed E-state index contributed by atoms with van der Waals surface area (Å²) in [6, 6.07) is 2.34. The highest BCUT2D eigenvalue weighted by Crippen LogP contribution is 2.29. The number of nitrogens with two attached hydrogens (primary N) is 1. The van der Waals surface area contributed by atoms with E-state index >= 15 is 0 Å². The second-order valence-corrected chi connectivity index (χ2v) is 4.35. The third kappa shape index (κ3) is 2.27. The molecule has 1 atom stereocenters. The number of aryl methyl sites for hydroxylation is 1. The molecule has 88 valence electrons. The zero-order valence-electron chi connectivity index (χ0n) is 9.94. The first kappa shape index (κ1) is 11.2. The van der Waals surface area contributed by atoms with Crippen molar-refractivity contribution in [3.8, 4) is 5.75 Å². The smallest absolute Gasteiger partial charge is 0.160 e. The number of rotatable bonds is 2. The van der Waals surface area contributed by atoms with E-state index in [0.29, 0.717) is 0 Å². The lowest BCUT2D eigenvalue weighted by atomic mass is 10.1. The van der Waals surface area contributed by atoms with Gasteiger partial charge >= 0.3 is 0 Å². The van der Waals surface area contributed by atoms with E-state index in [1.165, 1.54) is 0 Å². The highest BCUT2D eigenvalue weighted by Gasteiger charge is 2.19. The number of nitrogens with zero attached hydrogens (tertiary/aromatic N) is 2. The fraction of sp³-hybridized carbons (Fsp3) is 0.583. The van der Waals surface area contributed by atoms with Crippen molar-refractivity contribution in [1.29, 1.82) is 0 Å². The van der Waals surface area contributed by atoms with Crippen LogP contribution in [-0.2, 0) is 0 Å². The molecule has 0 saturated carbocycles. The molecular formula is C12H19N3O. The van der Waals surface area contributed by atoms with E-state index in [-0.39, 0.29) is 6.04 Å². The lowest BCUT2D eigenvalue weighted by Crippen LogP contribution is -2.43. The van der Waals surface area contributed by atoms with Gasteiger partial charge in [0.2, 0.25) is 0 Å². The maximum Gasteiger partial charge on any atom is 0.160 e. The van der Waals surface area contributed by atoms with Gasteiger partial charge in [0.15, 0.2) is 5.75 Å². The van der Waals surface area contributed by atoms with E-state index in [1.54, 1.807) is 13.3 Å². The van der Waals surface area contributed by atoms with E-state index in [0.717, 1.165) is 43.1 Å². The van der Waals surface area contributed by atoms with Gasteiger partial charge in [-0.1, -0.05) is 0 Å². The Labute approximate surface area is 96.4 Å². The third-order valence-electron chi connectivity index (χ3n) is 3.00. The van der Waals surface area contributed by atoms with Crippen molar-refractivity contribution < 1.29 is 4.74 Å². The molecule has 1 unspecified atom stereocenters. The van der Waals surface area contributed by atoms with E-state index in [1.807, 2.05) is 6.92 Å². The second-order valence-electron chi connectivity index (χ2n) is 4.35. The standard InChI is InChI=1S/C12H19N3O/c1-9-6-11(12(16-2)7-14-9)15-5-3-4-10(13)8-15/h6-7,10H,3-5,8,13H2,1-2H3. The van der Waals surface area contributed by atoms with Crippen LogP contribution in [0.4, 0.5) is 5.69 Å². The maximum atomic E-state index is 5.99. The van der Waals surface area contributed by atoms with Crippen molar-refractivity contribution in [2.45, 2.75) is 25.8 Å². The third-order valence-corrected chi connectivity index (χ3v) is 3.00. The van der Waals surface area contributed by atoms with E-state index in [4.69, 9.17) is 10.5 Å². The summed E-state index contributed by atoms with van der Waals surface area (Å²) in [5.41, 5.74) is 8.12. The average Bonchev–Trinajstić information content (AvgIpc) is 2.29. The van der Waals surface area contributed by atoms with Crippen LogP contribution in [0.15, 0.2) is 12.3 Å². The topological polar surface area (TPSA) is 51.4 Å². The summed E-state index contributed by atoms with van der Waals surface area (Å²) in [5, 5.41) is 0. The fourth-order valence-electron chi connectivity index (χ4n) is 2.17. The van der Waals surface area contributed by atoms with E-state index < -0.39 is 0 Å². The molecule has 1 aromatic rings. The first-order valence-corrected chi connectivity index (χ1v) is 5.72. The second kappa shape index (κ2) is 4.70. The molecule has 2 rings (SSSR count). The minimum absolute atomic E-state index is 0.270. The van der Waals surface area contributed by atoms with Gasteiger partial charge in [0, 0.05) is 24.8 Å². The van der Waals surface area contributed by atoms with Crippen LogP contribution < -0.4 is 15.4 Å². The zero-order chi connectivity index (χ0) is 11.5. The van der Waals surface area contributed by atoms with Crippen molar-refractivity contribution in [3.63, 3.8) is 0 Å². The SMILES string of the molecule is COc1cnc(C)cc1N1CCCC(N)C1. The Hall–Kier alpha value is -1.29. The van der Waals surface area contributed by atoms with Crippen molar-refractivity contribution >= 4 is 5.69 Å². The Bertz CT molecular complexity index is 367. The summed E-state index contributed by atoms with van der Waals surface area (Å²) < 4.78 is 5.34. The van der Waals surface area contributed by atoms with Crippen molar-refractivity contribution in [2.24, 2.45) is 5.73 Å². The predicted octanol–water partition coefficient (Wildman–Crippen LogP) is 1.33. The van der Waals surface area contributed by atoms with Gasteiger partial charge in [0.1, 0.15) is 0 Å².